The average molecular weight is 326 g/mol. The Balaban J connectivity index is 2.00. The molecule has 19 heavy (non-hydrogen) atoms. The second-order valence-corrected chi connectivity index (χ2v) is 5.17. The van der Waals surface area contributed by atoms with E-state index in [4.69, 9.17) is 0 Å². The van der Waals surface area contributed by atoms with Crippen LogP contribution >= 0.6 is 15.9 Å². The number of halogens is 2. The fourth-order valence-electron chi connectivity index (χ4n) is 1.97. The van der Waals surface area contributed by atoms with Gasteiger partial charge in [0.05, 0.1) is 15.9 Å². The first-order valence-corrected chi connectivity index (χ1v) is 7.07. The molecule has 102 valence electrons. The maximum atomic E-state index is 13.5. The zero-order chi connectivity index (χ0) is 13.8. The fourth-order valence-corrected chi connectivity index (χ4v) is 2.73. The lowest BCUT2D eigenvalue weighted by Gasteiger charge is -2.07. The second kappa shape index (κ2) is 6.30. The third-order valence-corrected chi connectivity index (χ3v) is 3.98. The Hall–Kier alpha value is -1.20. The van der Waals surface area contributed by atoms with Gasteiger partial charge in [0.15, 0.2) is 0 Å². The largest absolute Gasteiger partial charge is 0.307 e. The number of aromatic nitrogens is 2. The molecule has 3 nitrogen and oxygen atoms in total. The third kappa shape index (κ3) is 3.22. The number of hydrogen-bond acceptors (Lipinski definition) is 2. The molecule has 5 heteroatoms. The molecule has 1 heterocycles. The maximum Gasteiger partial charge on any atom is 0.127 e. The van der Waals surface area contributed by atoms with Gasteiger partial charge in [-0.3, -0.25) is 4.68 Å². The van der Waals surface area contributed by atoms with Gasteiger partial charge in [0.2, 0.25) is 0 Å². The van der Waals surface area contributed by atoms with Gasteiger partial charge in [-0.15, -0.1) is 0 Å². The topological polar surface area (TPSA) is 29.9 Å². The highest BCUT2D eigenvalue weighted by atomic mass is 79.9. The summed E-state index contributed by atoms with van der Waals surface area (Å²) in [4.78, 5) is 0. The van der Waals surface area contributed by atoms with E-state index in [2.05, 4.69) is 33.3 Å². The van der Waals surface area contributed by atoms with Gasteiger partial charge in [0.25, 0.3) is 0 Å². The van der Waals surface area contributed by atoms with Gasteiger partial charge in [-0.25, -0.2) is 4.39 Å². The fraction of sp³-hybridized carbons (Fsp3) is 0.357. The molecule has 0 aliphatic heterocycles. The number of aryl methyl sites for hydroxylation is 2. The first-order valence-electron chi connectivity index (χ1n) is 6.27. The van der Waals surface area contributed by atoms with Crippen molar-refractivity contribution in [1.82, 2.24) is 15.1 Å². The van der Waals surface area contributed by atoms with Crippen molar-refractivity contribution in [3.63, 3.8) is 0 Å². The Morgan fingerprint density at radius 1 is 1.32 bits per heavy atom. The van der Waals surface area contributed by atoms with Gasteiger partial charge in [-0.2, -0.15) is 5.10 Å². The summed E-state index contributed by atoms with van der Waals surface area (Å²) >= 11 is 3.57. The van der Waals surface area contributed by atoms with E-state index in [9.17, 15) is 4.39 Å². The Morgan fingerprint density at radius 2 is 2.05 bits per heavy atom. The molecular weight excluding hydrogens is 309 g/mol. The number of rotatable bonds is 5. The van der Waals surface area contributed by atoms with E-state index in [1.807, 2.05) is 17.8 Å². The minimum absolute atomic E-state index is 0.173. The van der Waals surface area contributed by atoms with E-state index in [0.29, 0.717) is 18.7 Å². The average Bonchev–Trinajstić information content (AvgIpc) is 2.68. The summed E-state index contributed by atoms with van der Waals surface area (Å²) in [7, 11) is 1.92. The monoisotopic (exact) mass is 325 g/mol. The highest BCUT2D eigenvalue weighted by molar-refractivity contribution is 9.10. The van der Waals surface area contributed by atoms with Crippen molar-refractivity contribution in [2.24, 2.45) is 7.05 Å². The quantitative estimate of drug-likeness (QED) is 0.915. The molecule has 0 fully saturated rings. The summed E-state index contributed by atoms with van der Waals surface area (Å²) in [5, 5.41) is 7.67. The van der Waals surface area contributed by atoms with Crippen LogP contribution in [0.25, 0.3) is 0 Å². The molecule has 0 atom stereocenters. The Labute approximate surface area is 121 Å². The molecule has 1 N–H and O–H groups in total. The minimum Gasteiger partial charge on any atom is -0.307 e. The molecule has 0 radical (unpaired) electrons. The summed E-state index contributed by atoms with van der Waals surface area (Å²) in [6, 6.07) is 6.81. The van der Waals surface area contributed by atoms with E-state index < -0.39 is 0 Å². The van der Waals surface area contributed by atoms with Gasteiger partial charge in [0, 0.05) is 25.7 Å². The molecule has 1 aromatic carbocycles. The van der Waals surface area contributed by atoms with Crippen molar-refractivity contribution in [1.29, 1.82) is 0 Å². The van der Waals surface area contributed by atoms with Crippen molar-refractivity contribution >= 4 is 15.9 Å². The van der Waals surface area contributed by atoms with Crippen molar-refractivity contribution in [2.45, 2.75) is 26.4 Å². The van der Waals surface area contributed by atoms with Crippen LogP contribution in [-0.4, -0.2) is 9.78 Å². The second-order valence-electron chi connectivity index (χ2n) is 4.38. The predicted molar refractivity (Wildman–Crippen MR) is 77.2 cm³/mol. The van der Waals surface area contributed by atoms with Gasteiger partial charge in [-0.05, 0) is 28.4 Å². The summed E-state index contributed by atoms with van der Waals surface area (Å²) in [5.74, 6) is -0.173. The van der Waals surface area contributed by atoms with E-state index in [1.54, 1.807) is 12.1 Å². The lowest BCUT2D eigenvalue weighted by Crippen LogP contribution is -2.16. The van der Waals surface area contributed by atoms with Gasteiger partial charge in [-0.1, -0.05) is 25.1 Å². The maximum absolute atomic E-state index is 13.5. The van der Waals surface area contributed by atoms with Crippen LogP contribution in [-0.2, 0) is 26.6 Å². The van der Waals surface area contributed by atoms with Crippen molar-refractivity contribution in [3.8, 4) is 0 Å². The molecule has 2 rings (SSSR count). The van der Waals surface area contributed by atoms with Gasteiger partial charge in [0.1, 0.15) is 5.82 Å². The molecule has 0 saturated carbocycles. The molecule has 0 spiro atoms. The Morgan fingerprint density at radius 3 is 2.68 bits per heavy atom. The molecule has 0 amide bonds. The first-order chi connectivity index (χ1) is 9.13. The Bertz CT molecular complexity index is 566. The first kappa shape index (κ1) is 14.2. The van der Waals surface area contributed by atoms with E-state index in [-0.39, 0.29) is 5.82 Å². The summed E-state index contributed by atoms with van der Waals surface area (Å²) in [6.07, 6.45) is 0.891. The van der Waals surface area contributed by atoms with E-state index >= 15 is 0 Å². The predicted octanol–water partition coefficient (Wildman–Crippen LogP) is 3.17. The number of nitrogens with zero attached hydrogens (tertiary/aromatic N) is 2. The summed E-state index contributed by atoms with van der Waals surface area (Å²) < 4.78 is 16.4. The summed E-state index contributed by atoms with van der Waals surface area (Å²) in [6.45, 7) is 3.23. The van der Waals surface area contributed by atoms with Crippen LogP contribution in [0.3, 0.4) is 0 Å². The van der Waals surface area contributed by atoms with Gasteiger partial charge >= 0.3 is 0 Å². The van der Waals surface area contributed by atoms with E-state index in [0.717, 1.165) is 22.3 Å². The zero-order valence-corrected chi connectivity index (χ0v) is 12.7. The van der Waals surface area contributed by atoms with Crippen LogP contribution in [0.5, 0.6) is 0 Å². The lowest BCUT2D eigenvalue weighted by atomic mass is 10.2. The van der Waals surface area contributed by atoms with Crippen molar-refractivity contribution in [3.05, 3.63) is 51.5 Å². The molecule has 1 aromatic heterocycles. The number of benzene rings is 1. The molecule has 0 aliphatic rings. The van der Waals surface area contributed by atoms with Crippen LogP contribution in [0.15, 0.2) is 28.7 Å². The SMILES string of the molecule is CCc1nn(C)c(CNCc2ccccc2F)c1Br. The lowest BCUT2D eigenvalue weighted by molar-refractivity contribution is 0.576. The molecule has 2 aromatic rings. The van der Waals surface area contributed by atoms with Crippen molar-refractivity contribution < 1.29 is 4.39 Å². The van der Waals surface area contributed by atoms with Crippen LogP contribution in [0, 0.1) is 5.82 Å². The van der Waals surface area contributed by atoms with Gasteiger partial charge < -0.3 is 5.32 Å². The molecule has 0 bridgehead atoms. The Kier molecular flexibility index (Phi) is 4.71. The van der Waals surface area contributed by atoms with Crippen LogP contribution < -0.4 is 5.32 Å². The molecule has 0 saturated heterocycles. The van der Waals surface area contributed by atoms with Crippen molar-refractivity contribution in [2.75, 3.05) is 0 Å². The van der Waals surface area contributed by atoms with Crippen LogP contribution in [0.4, 0.5) is 4.39 Å². The molecule has 0 unspecified atom stereocenters. The standard InChI is InChI=1S/C14H17BrFN3/c1-3-12-14(15)13(19(2)18-12)9-17-8-10-6-4-5-7-11(10)16/h4-7,17H,3,8-9H2,1-2H3. The number of hydrogen-bond donors (Lipinski definition) is 1. The highest BCUT2D eigenvalue weighted by Crippen LogP contribution is 2.21. The highest BCUT2D eigenvalue weighted by Gasteiger charge is 2.11. The van der Waals surface area contributed by atoms with E-state index in [1.165, 1.54) is 6.07 Å². The molecule has 0 aliphatic carbocycles. The molecular formula is C14H17BrFN3. The zero-order valence-electron chi connectivity index (χ0n) is 11.1. The van der Waals surface area contributed by atoms with Crippen LogP contribution in [0.2, 0.25) is 0 Å². The van der Waals surface area contributed by atoms with Crippen LogP contribution in [0.1, 0.15) is 23.9 Å². The minimum atomic E-state index is -0.173. The smallest absolute Gasteiger partial charge is 0.127 e. The summed E-state index contributed by atoms with van der Waals surface area (Å²) in [5.41, 5.74) is 2.80. The normalized spacial score (nSPS) is 10.9. The third-order valence-electron chi connectivity index (χ3n) is 3.07. The number of nitrogens with one attached hydrogen (secondary N) is 1.